The van der Waals surface area contributed by atoms with Crippen molar-refractivity contribution >= 4 is 11.8 Å². The van der Waals surface area contributed by atoms with Gasteiger partial charge in [-0.05, 0) is 48.4 Å². The van der Waals surface area contributed by atoms with Crippen molar-refractivity contribution in [3.63, 3.8) is 0 Å². The Labute approximate surface area is 144 Å². The van der Waals surface area contributed by atoms with Crippen molar-refractivity contribution < 1.29 is 5.11 Å². The van der Waals surface area contributed by atoms with Crippen molar-refractivity contribution in [2.24, 2.45) is 0 Å². The highest BCUT2D eigenvalue weighted by atomic mass is 16.3. The van der Waals surface area contributed by atoms with Crippen LogP contribution in [0.2, 0.25) is 0 Å². The number of allylic oxidation sites excluding steroid dienone is 1. The maximum atomic E-state index is 9.07. The summed E-state index contributed by atoms with van der Waals surface area (Å²) in [5, 5.41) is 9.07. The molecule has 0 saturated carbocycles. The van der Waals surface area contributed by atoms with Crippen molar-refractivity contribution in [1.82, 2.24) is 0 Å². The molecule has 122 valence electrons. The topological polar surface area (TPSA) is 23.5 Å². The third kappa shape index (κ3) is 5.37. The third-order valence-electron chi connectivity index (χ3n) is 3.58. The summed E-state index contributed by atoms with van der Waals surface area (Å²) in [7, 11) is 2.10. The molecule has 0 spiro atoms. The molecule has 0 radical (unpaired) electrons. The Morgan fingerprint density at radius 3 is 2.50 bits per heavy atom. The Bertz CT molecular complexity index is 776. The van der Waals surface area contributed by atoms with Crippen LogP contribution in [-0.2, 0) is 0 Å². The molecule has 0 aliphatic carbocycles. The fourth-order valence-electron chi connectivity index (χ4n) is 2.30. The molecule has 2 nitrogen and oxygen atoms in total. The van der Waals surface area contributed by atoms with Gasteiger partial charge in [0, 0.05) is 30.4 Å². The van der Waals surface area contributed by atoms with Crippen LogP contribution in [0.3, 0.4) is 0 Å². The summed E-state index contributed by atoms with van der Waals surface area (Å²) in [6, 6.07) is 16.2. The Balaban J connectivity index is 2.12. The van der Waals surface area contributed by atoms with Gasteiger partial charge in [0.25, 0.3) is 0 Å². The maximum Gasteiger partial charge on any atom is 0.108 e. The van der Waals surface area contributed by atoms with E-state index < -0.39 is 0 Å². The zero-order valence-corrected chi connectivity index (χ0v) is 14.3. The summed E-state index contributed by atoms with van der Waals surface area (Å²) in [5.41, 5.74) is 4.16. The van der Waals surface area contributed by atoms with Crippen LogP contribution in [0.4, 0.5) is 5.69 Å². The minimum absolute atomic E-state index is 0.0480. The Kier molecular flexibility index (Phi) is 6.28. The molecule has 0 bridgehead atoms. The molecule has 0 atom stereocenters. The first-order valence-electron chi connectivity index (χ1n) is 8.07. The monoisotopic (exact) mass is 317 g/mol. The number of hydrogen-bond donors (Lipinski definition) is 1. The van der Waals surface area contributed by atoms with Crippen molar-refractivity contribution in [3.05, 3.63) is 83.6 Å². The number of benzene rings is 2. The minimum atomic E-state index is 0.0480. The zero-order chi connectivity index (χ0) is 17.4. The molecule has 2 rings (SSSR count). The molecule has 2 heteroatoms. The van der Waals surface area contributed by atoms with Gasteiger partial charge in [0.15, 0.2) is 0 Å². The van der Waals surface area contributed by atoms with E-state index in [0.717, 1.165) is 29.7 Å². The van der Waals surface area contributed by atoms with Crippen LogP contribution in [-0.4, -0.2) is 18.7 Å². The molecule has 0 saturated heterocycles. The van der Waals surface area contributed by atoms with Crippen molar-refractivity contribution in [1.29, 1.82) is 0 Å². The number of anilines is 1. The smallest absolute Gasteiger partial charge is 0.108 e. The van der Waals surface area contributed by atoms with E-state index in [4.69, 9.17) is 5.11 Å². The van der Waals surface area contributed by atoms with E-state index in [2.05, 4.69) is 49.4 Å². The lowest BCUT2D eigenvalue weighted by Gasteiger charge is -2.18. The van der Waals surface area contributed by atoms with Gasteiger partial charge in [-0.2, -0.15) is 0 Å². The second kappa shape index (κ2) is 8.64. The maximum absolute atomic E-state index is 9.07. The zero-order valence-electron chi connectivity index (χ0n) is 14.3. The second-order valence-corrected chi connectivity index (χ2v) is 5.67. The van der Waals surface area contributed by atoms with Gasteiger partial charge in [0.1, 0.15) is 5.76 Å². The first-order chi connectivity index (χ1) is 11.6. The SMILES string of the molecule is C=C(O)/C=C/c1ccc(C#Cc2cccc(N(C)CCC)c2)cc1. The van der Waals surface area contributed by atoms with Crippen LogP contribution in [0.25, 0.3) is 6.08 Å². The average Bonchev–Trinajstić information content (AvgIpc) is 2.59. The molecule has 0 heterocycles. The van der Waals surface area contributed by atoms with E-state index >= 15 is 0 Å². The van der Waals surface area contributed by atoms with Crippen LogP contribution in [0, 0.1) is 11.8 Å². The third-order valence-corrected chi connectivity index (χ3v) is 3.58. The largest absolute Gasteiger partial charge is 0.509 e. The lowest BCUT2D eigenvalue weighted by Crippen LogP contribution is -2.17. The molecule has 0 fully saturated rings. The Morgan fingerprint density at radius 2 is 1.83 bits per heavy atom. The van der Waals surface area contributed by atoms with Gasteiger partial charge in [-0.15, -0.1) is 0 Å². The van der Waals surface area contributed by atoms with E-state index in [1.165, 1.54) is 5.69 Å². The summed E-state index contributed by atoms with van der Waals surface area (Å²) >= 11 is 0. The van der Waals surface area contributed by atoms with Gasteiger partial charge in [-0.1, -0.05) is 49.6 Å². The summed E-state index contributed by atoms with van der Waals surface area (Å²) < 4.78 is 0. The average molecular weight is 317 g/mol. The van der Waals surface area contributed by atoms with Gasteiger partial charge in [0.2, 0.25) is 0 Å². The molecular formula is C22H23NO. The summed E-state index contributed by atoms with van der Waals surface area (Å²) in [6.45, 7) is 6.63. The summed E-state index contributed by atoms with van der Waals surface area (Å²) in [5.74, 6) is 6.46. The van der Waals surface area contributed by atoms with Crippen LogP contribution in [0.15, 0.2) is 66.9 Å². The van der Waals surface area contributed by atoms with Crippen LogP contribution < -0.4 is 4.90 Å². The van der Waals surface area contributed by atoms with Crippen LogP contribution in [0.5, 0.6) is 0 Å². The highest BCUT2D eigenvalue weighted by Crippen LogP contribution is 2.14. The quantitative estimate of drug-likeness (QED) is 0.475. The number of hydrogen-bond acceptors (Lipinski definition) is 2. The molecule has 0 unspecified atom stereocenters. The van der Waals surface area contributed by atoms with Gasteiger partial charge in [-0.25, -0.2) is 0 Å². The standard InChI is InChI=1S/C22H23NO/c1-4-16-23(3)22-7-5-6-21(17-22)15-14-20-12-10-19(11-13-20)9-8-18(2)24/h5-13,17,24H,2,4,16H2,1,3H3/b9-8+. The van der Waals surface area contributed by atoms with E-state index in [0.29, 0.717) is 0 Å². The number of rotatable bonds is 5. The molecule has 0 aliphatic heterocycles. The Hall–Kier alpha value is -2.92. The summed E-state index contributed by atoms with van der Waals surface area (Å²) in [6.07, 6.45) is 4.50. The van der Waals surface area contributed by atoms with Crippen LogP contribution >= 0.6 is 0 Å². The lowest BCUT2D eigenvalue weighted by molar-refractivity contribution is 0.436. The number of aliphatic hydroxyl groups excluding tert-OH is 1. The fraction of sp³-hybridized carbons (Fsp3) is 0.182. The molecule has 0 aliphatic rings. The van der Waals surface area contributed by atoms with E-state index in [1.807, 2.05) is 42.5 Å². The molecule has 1 N–H and O–H groups in total. The van der Waals surface area contributed by atoms with E-state index in [1.54, 1.807) is 6.08 Å². The molecule has 0 amide bonds. The summed E-state index contributed by atoms with van der Waals surface area (Å²) in [4.78, 5) is 2.24. The number of nitrogens with zero attached hydrogens (tertiary/aromatic N) is 1. The second-order valence-electron chi connectivity index (χ2n) is 5.67. The molecular weight excluding hydrogens is 294 g/mol. The van der Waals surface area contributed by atoms with Gasteiger partial charge < -0.3 is 10.0 Å². The molecule has 0 aromatic heterocycles. The normalized spacial score (nSPS) is 10.2. The van der Waals surface area contributed by atoms with Gasteiger partial charge in [0.05, 0.1) is 0 Å². The van der Waals surface area contributed by atoms with E-state index in [-0.39, 0.29) is 5.76 Å². The predicted molar refractivity (Wildman–Crippen MR) is 103 cm³/mol. The highest BCUT2D eigenvalue weighted by Gasteiger charge is 1.99. The predicted octanol–water partition coefficient (Wildman–Crippen LogP) is 5.02. The molecule has 2 aromatic carbocycles. The minimum Gasteiger partial charge on any atom is -0.509 e. The van der Waals surface area contributed by atoms with Crippen molar-refractivity contribution in [3.8, 4) is 11.8 Å². The first-order valence-corrected chi connectivity index (χ1v) is 8.07. The Morgan fingerprint density at radius 1 is 1.12 bits per heavy atom. The fourth-order valence-corrected chi connectivity index (χ4v) is 2.30. The lowest BCUT2D eigenvalue weighted by atomic mass is 10.1. The molecule has 24 heavy (non-hydrogen) atoms. The van der Waals surface area contributed by atoms with E-state index in [9.17, 15) is 0 Å². The van der Waals surface area contributed by atoms with Gasteiger partial charge >= 0.3 is 0 Å². The number of aliphatic hydroxyl groups is 1. The molecule has 2 aromatic rings. The van der Waals surface area contributed by atoms with Gasteiger partial charge in [-0.3, -0.25) is 0 Å². The van der Waals surface area contributed by atoms with Crippen molar-refractivity contribution in [2.45, 2.75) is 13.3 Å². The first kappa shape index (κ1) is 17.4. The van der Waals surface area contributed by atoms with Crippen LogP contribution in [0.1, 0.15) is 30.0 Å². The van der Waals surface area contributed by atoms with Crippen molar-refractivity contribution in [2.75, 3.05) is 18.5 Å². The highest BCUT2D eigenvalue weighted by molar-refractivity contribution is 5.56.